The van der Waals surface area contributed by atoms with E-state index in [0.29, 0.717) is 28.3 Å². The van der Waals surface area contributed by atoms with Crippen LogP contribution < -0.4 is 20.1 Å². The Labute approximate surface area is 165 Å². The lowest BCUT2D eigenvalue weighted by Gasteiger charge is -2.22. The Morgan fingerprint density at radius 1 is 0.821 bits per heavy atom. The fraction of sp³-hybridized carbons (Fsp3) is 0.364. The van der Waals surface area contributed by atoms with Gasteiger partial charge in [0.05, 0.1) is 14.2 Å². The van der Waals surface area contributed by atoms with Crippen molar-refractivity contribution in [3.63, 3.8) is 0 Å². The maximum Gasteiger partial charge on any atom is 0.255 e. The Bertz CT molecular complexity index is 827. The van der Waals surface area contributed by atoms with E-state index in [9.17, 15) is 9.59 Å². The van der Waals surface area contributed by atoms with Crippen molar-refractivity contribution in [1.29, 1.82) is 0 Å². The fourth-order valence-corrected chi connectivity index (χ4v) is 3.41. The number of carbonyl (C=O) groups excluding carboxylic acids is 2. The predicted molar refractivity (Wildman–Crippen MR) is 108 cm³/mol. The molecule has 1 fully saturated rings. The van der Waals surface area contributed by atoms with Gasteiger partial charge in [-0.2, -0.15) is 0 Å². The molecule has 1 saturated carbocycles. The van der Waals surface area contributed by atoms with E-state index in [4.69, 9.17) is 9.47 Å². The lowest BCUT2D eigenvalue weighted by Crippen LogP contribution is -2.36. The summed E-state index contributed by atoms with van der Waals surface area (Å²) in [7, 11) is 3.10. The minimum Gasteiger partial charge on any atom is -0.493 e. The molecule has 6 heteroatoms. The molecule has 0 aromatic heterocycles. The summed E-state index contributed by atoms with van der Waals surface area (Å²) in [6.07, 6.45) is 5.66. The average Bonchev–Trinajstić information content (AvgIpc) is 2.74. The zero-order valence-corrected chi connectivity index (χ0v) is 16.3. The molecule has 0 bridgehead atoms. The summed E-state index contributed by atoms with van der Waals surface area (Å²) in [5.41, 5.74) is 1.64. The lowest BCUT2D eigenvalue weighted by molar-refractivity contribution is 0.0926. The van der Waals surface area contributed by atoms with E-state index in [2.05, 4.69) is 10.6 Å². The summed E-state index contributed by atoms with van der Waals surface area (Å²) in [5.74, 6) is 0.786. The fourth-order valence-electron chi connectivity index (χ4n) is 3.41. The molecule has 148 valence electrons. The summed E-state index contributed by atoms with van der Waals surface area (Å²) in [5, 5.41) is 5.91. The van der Waals surface area contributed by atoms with Gasteiger partial charge in [0, 0.05) is 28.9 Å². The van der Waals surface area contributed by atoms with Crippen molar-refractivity contribution in [2.75, 3.05) is 19.5 Å². The number of anilines is 1. The van der Waals surface area contributed by atoms with Crippen LogP contribution in [-0.2, 0) is 0 Å². The third kappa shape index (κ3) is 4.82. The van der Waals surface area contributed by atoms with Crippen LogP contribution >= 0.6 is 0 Å². The van der Waals surface area contributed by atoms with Crippen LogP contribution in [0.5, 0.6) is 11.5 Å². The van der Waals surface area contributed by atoms with Crippen LogP contribution in [0.25, 0.3) is 0 Å². The van der Waals surface area contributed by atoms with Gasteiger partial charge in [-0.05, 0) is 49.2 Å². The number of ether oxygens (including phenoxy) is 2. The number of methoxy groups -OCH3 is 2. The topological polar surface area (TPSA) is 76.7 Å². The highest BCUT2D eigenvalue weighted by molar-refractivity contribution is 6.05. The van der Waals surface area contributed by atoms with Crippen LogP contribution in [0.1, 0.15) is 52.8 Å². The van der Waals surface area contributed by atoms with E-state index < -0.39 is 0 Å². The lowest BCUT2D eigenvalue weighted by atomic mass is 9.95. The predicted octanol–water partition coefficient (Wildman–Crippen LogP) is 4.02. The second-order valence-electron chi connectivity index (χ2n) is 6.91. The normalized spacial score (nSPS) is 14.2. The highest BCUT2D eigenvalue weighted by Crippen LogP contribution is 2.30. The van der Waals surface area contributed by atoms with Crippen LogP contribution in [-0.4, -0.2) is 32.1 Å². The van der Waals surface area contributed by atoms with Crippen molar-refractivity contribution >= 4 is 17.5 Å². The molecule has 2 aromatic carbocycles. The maximum absolute atomic E-state index is 12.5. The van der Waals surface area contributed by atoms with Gasteiger partial charge in [0.2, 0.25) is 0 Å². The number of hydrogen-bond acceptors (Lipinski definition) is 4. The first-order valence-corrected chi connectivity index (χ1v) is 9.55. The highest BCUT2D eigenvalue weighted by Gasteiger charge is 2.17. The molecule has 3 rings (SSSR count). The molecular formula is C22H26N2O4. The minimum absolute atomic E-state index is 0.0845. The Hall–Kier alpha value is -3.02. The zero-order valence-electron chi connectivity index (χ0n) is 16.3. The third-order valence-electron chi connectivity index (χ3n) is 4.99. The Kier molecular flexibility index (Phi) is 6.53. The Morgan fingerprint density at radius 3 is 2.04 bits per heavy atom. The second kappa shape index (κ2) is 9.26. The summed E-state index contributed by atoms with van der Waals surface area (Å²) in [6, 6.07) is 12.1. The van der Waals surface area contributed by atoms with Crippen LogP contribution in [0, 0.1) is 0 Å². The quantitative estimate of drug-likeness (QED) is 0.791. The van der Waals surface area contributed by atoms with Crippen molar-refractivity contribution in [3.8, 4) is 11.5 Å². The molecule has 2 aromatic rings. The van der Waals surface area contributed by atoms with Crippen LogP contribution in [0.3, 0.4) is 0 Å². The van der Waals surface area contributed by atoms with E-state index in [1.54, 1.807) is 56.7 Å². The molecule has 2 N–H and O–H groups in total. The van der Waals surface area contributed by atoms with Gasteiger partial charge in [-0.3, -0.25) is 9.59 Å². The summed E-state index contributed by atoms with van der Waals surface area (Å²) >= 11 is 0. The van der Waals surface area contributed by atoms with E-state index in [1.807, 2.05) is 0 Å². The van der Waals surface area contributed by atoms with Gasteiger partial charge in [-0.25, -0.2) is 0 Å². The summed E-state index contributed by atoms with van der Waals surface area (Å²) in [6.45, 7) is 0. The standard InChI is InChI=1S/C22H26N2O4/c1-27-19-13-12-18(14-20(19)28-2)24-22(26)16-10-8-15(9-11-16)21(25)23-17-6-4-3-5-7-17/h8-14,17H,3-7H2,1-2H3,(H,23,25)(H,24,26). The van der Waals surface area contributed by atoms with E-state index in [0.717, 1.165) is 12.8 Å². The van der Waals surface area contributed by atoms with Crippen molar-refractivity contribution in [2.45, 2.75) is 38.1 Å². The molecule has 0 spiro atoms. The van der Waals surface area contributed by atoms with Crippen molar-refractivity contribution < 1.29 is 19.1 Å². The molecule has 1 aliphatic rings. The largest absolute Gasteiger partial charge is 0.493 e. The van der Waals surface area contributed by atoms with Crippen molar-refractivity contribution in [3.05, 3.63) is 53.6 Å². The molecule has 0 radical (unpaired) electrons. The molecule has 0 aliphatic heterocycles. The molecule has 2 amide bonds. The Balaban J connectivity index is 1.62. The smallest absolute Gasteiger partial charge is 0.255 e. The van der Waals surface area contributed by atoms with Gasteiger partial charge in [-0.1, -0.05) is 19.3 Å². The molecule has 0 atom stereocenters. The van der Waals surface area contributed by atoms with Gasteiger partial charge in [0.15, 0.2) is 11.5 Å². The number of amides is 2. The molecule has 0 saturated heterocycles. The van der Waals surface area contributed by atoms with Gasteiger partial charge >= 0.3 is 0 Å². The first kappa shape index (κ1) is 19.7. The molecule has 28 heavy (non-hydrogen) atoms. The maximum atomic E-state index is 12.5. The first-order chi connectivity index (χ1) is 13.6. The molecular weight excluding hydrogens is 356 g/mol. The van der Waals surface area contributed by atoms with Crippen LogP contribution in [0.2, 0.25) is 0 Å². The highest BCUT2D eigenvalue weighted by atomic mass is 16.5. The summed E-state index contributed by atoms with van der Waals surface area (Å²) < 4.78 is 10.4. The van der Waals surface area contributed by atoms with E-state index in [1.165, 1.54) is 19.3 Å². The number of benzene rings is 2. The second-order valence-corrected chi connectivity index (χ2v) is 6.91. The van der Waals surface area contributed by atoms with Gasteiger partial charge in [-0.15, -0.1) is 0 Å². The monoisotopic (exact) mass is 382 g/mol. The number of rotatable bonds is 6. The van der Waals surface area contributed by atoms with Gasteiger partial charge in [0.25, 0.3) is 11.8 Å². The van der Waals surface area contributed by atoms with Gasteiger partial charge in [0.1, 0.15) is 0 Å². The number of nitrogens with one attached hydrogen (secondary N) is 2. The summed E-state index contributed by atoms with van der Waals surface area (Å²) in [4.78, 5) is 24.9. The first-order valence-electron chi connectivity index (χ1n) is 9.55. The van der Waals surface area contributed by atoms with Crippen molar-refractivity contribution in [1.82, 2.24) is 5.32 Å². The SMILES string of the molecule is COc1ccc(NC(=O)c2ccc(C(=O)NC3CCCCC3)cc2)cc1OC. The number of carbonyl (C=O) groups is 2. The van der Waals surface area contributed by atoms with Gasteiger partial charge < -0.3 is 20.1 Å². The Morgan fingerprint density at radius 2 is 1.43 bits per heavy atom. The minimum atomic E-state index is -0.258. The van der Waals surface area contributed by atoms with Crippen LogP contribution in [0.15, 0.2) is 42.5 Å². The van der Waals surface area contributed by atoms with E-state index >= 15 is 0 Å². The molecule has 1 aliphatic carbocycles. The average molecular weight is 382 g/mol. The van der Waals surface area contributed by atoms with Crippen molar-refractivity contribution in [2.24, 2.45) is 0 Å². The molecule has 0 unspecified atom stereocenters. The zero-order chi connectivity index (χ0) is 19.9. The molecule has 6 nitrogen and oxygen atoms in total. The van der Waals surface area contributed by atoms with Crippen LogP contribution in [0.4, 0.5) is 5.69 Å². The molecule has 0 heterocycles. The van der Waals surface area contributed by atoms with E-state index in [-0.39, 0.29) is 17.9 Å². The number of hydrogen-bond donors (Lipinski definition) is 2. The third-order valence-corrected chi connectivity index (χ3v) is 4.99.